The molecule has 142 valence electrons. The van der Waals surface area contributed by atoms with Gasteiger partial charge in [-0.15, -0.1) is 11.3 Å². The smallest absolute Gasteiger partial charge is 0.315 e. The van der Waals surface area contributed by atoms with Crippen LogP contribution in [0, 0.1) is 0 Å². The summed E-state index contributed by atoms with van der Waals surface area (Å²) in [5, 5.41) is 11.8. The van der Waals surface area contributed by atoms with Crippen LogP contribution in [0.4, 0.5) is 9.93 Å². The first-order valence-corrected chi connectivity index (χ1v) is 11.0. The molecule has 2 aromatic heterocycles. The number of nitrogens with zero attached hydrogens (tertiary/aromatic N) is 2. The van der Waals surface area contributed by atoms with Crippen LogP contribution in [-0.4, -0.2) is 45.0 Å². The predicted octanol–water partition coefficient (Wildman–Crippen LogP) is 2.87. The third-order valence-corrected chi connectivity index (χ3v) is 7.07. The van der Waals surface area contributed by atoms with Crippen LogP contribution in [0.15, 0.2) is 29.9 Å². The van der Waals surface area contributed by atoms with E-state index in [9.17, 15) is 9.59 Å². The lowest BCUT2D eigenvalue weighted by Gasteiger charge is -2.16. The molecule has 0 radical (unpaired) electrons. The zero-order chi connectivity index (χ0) is 18.6. The van der Waals surface area contributed by atoms with Gasteiger partial charge in [-0.1, -0.05) is 6.42 Å². The van der Waals surface area contributed by atoms with Crippen LogP contribution in [0.1, 0.15) is 25.7 Å². The summed E-state index contributed by atoms with van der Waals surface area (Å²) in [6.07, 6.45) is 6.77. The van der Waals surface area contributed by atoms with E-state index in [1.165, 1.54) is 11.3 Å². The molecule has 27 heavy (non-hydrogen) atoms. The number of hydrogen-bond donors (Lipinski definition) is 3. The van der Waals surface area contributed by atoms with E-state index < -0.39 is 0 Å². The van der Waals surface area contributed by atoms with Crippen molar-refractivity contribution in [1.82, 2.24) is 20.6 Å². The van der Waals surface area contributed by atoms with Crippen molar-refractivity contribution in [3.63, 3.8) is 0 Å². The van der Waals surface area contributed by atoms with Gasteiger partial charge in [0, 0.05) is 40.8 Å². The molecule has 0 saturated carbocycles. The summed E-state index contributed by atoms with van der Waals surface area (Å²) < 4.78 is 0. The minimum absolute atomic E-state index is 0.00147. The molecular formula is C18H21N5O2S2. The molecule has 2 aromatic rings. The van der Waals surface area contributed by atoms with Gasteiger partial charge in [0.25, 0.3) is 0 Å². The second-order valence-corrected chi connectivity index (χ2v) is 8.82. The quantitative estimate of drug-likeness (QED) is 0.488. The van der Waals surface area contributed by atoms with Crippen molar-refractivity contribution in [2.45, 2.75) is 43.0 Å². The van der Waals surface area contributed by atoms with Crippen LogP contribution < -0.4 is 16.0 Å². The number of carbonyl (C=O) groups is 2. The molecular weight excluding hydrogens is 382 g/mol. The predicted molar refractivity (Wildman–Crippen MR) is 108 cm³/mol. The molecule has 4 rings (SSSR count). The third-order valence-electron chi connectivity index (χ3n) is 4.81. The van der Waals surface area contributed by atoms with E-state index in [1.54, 1.807) is 12.4 Å². The van der Waals surface area contributed by atoms with Crippen molar-refractivity contribution in [2.75, 3.05) is 11.1 Å². The van der Waals surface area contributed by atoms with Gasteiger partial charge in [0.15, 0.2) is 5.13 Å². The van der Waals surface area contributed by atoms with Crippen LogP contribution in [0.3, 0.4) is 0 Å². The maximum absolute atomic E-state index is 12.2. The van der Waals surface area contributed by atoms with E-state index in [2.05, 4.69) is 25.9 Å². The first kappa shape index (κ1) is 18.2. The zero-order valence-electron chi connectivity index (χ0n) is 14.7. The Balaban J connectivity index is 1.18. The van der Waals surface area contributed by atoms with Gasteiger partial charge in [-0.05, 0) is 25.0 Å². The Bertz CT molecular complexity index is 813. The summed E-state index contributed by atoms with van der Waals surface area (Å²) in [5.74, 6) is 0.969. The fourth-order valence-electron chi connectivity index (χ4n) is 3.44. The van der Waals surface area contributed by atoms with Crippen molar-refractivity contribution in [3.05, 3.63) is 29.9 Å². The van der Waals surface area contributed by atoms with E-state index in [-0.39, 0.29) is 24.0 Å². The highest BCUT2D eigenvalue weighted by atomic mass is 32.2. The number of thiazole rings is 1. The van der Waals surface area contributed by atoms with Crippen molar-refractivity contribution in [1.29, 1.82) is 0 Å². The number of thioether (sulfide) groups is 1. The number of fused-ring (bicyclic) bond motifs is 1. The van der Waals surface area contributed by atoms with Crippen LogP contribution in [0.5, 0.6) is 0 Å². The molecule has 7 nitrogen and oxygen atoms in total. The average Bonchev–Trinajstić information content (AvgIpc) is 3.36. The lowest BCUT2D eigenvalue weighted by molar-refractivity contribution is -0.116. The molecule has 0 spiro atoms. The molecule has 2 aliphatic heterocycles. The number of anilines is 1. The van der Waals surface area contributed by atoms with Gasteiger partial charge in [0.2, 0.25) is 5.91 Å². The van der Waals surface area contributed by atoms with Crippen LogP contribution in [0.2, 0.25) is 0 Å². The highest BCUT2D eigenvalue weighted by molar-refractivity contribution is 8.00. The van der Waals surface area contributed by atoms with E-state index in [1.807, 2.05) is 29.3 Å². The molecule has 2 saturated heterocycles. The Hall–Kier alpha value is -2.13. The first-order valence-electron chi connectivity index (χ1n) is 9.03. The van der Waals surface area contributed by atoms with Crippen molar-refractivity contribution < 1.29 is 9.59 Å². The van der Waals surface area contributed by atoms with Crippen LogP contribution in [-0.2, 0) is 4.79 Å². The standard InChI is InChI=1S/C18H21N5O2S2/c24-15(22-18-21-12(9-27-18)11-5-7-19-8-6-11)4-2-1-3-14-16-13(10-26-14)20-17(25)23-16/h5-9,13-14,16H,1-4,10H2,(H2,20,23,25)(H,21,22,24). The van der Waals surface area contributed by atoms with Gasteiger partial charge < -0.3 is 16.0 Å². The molecule has 4 heterocycles. The first-order chi connectivity index (χ1) is 13.2. The van der Waals surface area contributed by atoms with Crippen molar-refractivity contribution in [3.8, 4) is 11.3 Å². The van der Waals surface area contributed by atoms with Crippen LogP contribution >= 0.6 is 23.1 Å². The number of amides is 3. The van der Waals surface area contributed by atoms with Crippen LogP contribution in [0.25, 0.3) is 11.3 Å². The Kier molecular flexibility index (Phi) is 5.58. The topological polar surface area (TPSA) is 96.0 Å². The largest absolute Gasteiger partial charge is 0.332 e. The number of rotatable bonds is 7. The lowest BCUT2D eigenvalue weighted by Crippen LogP contribution is -2.36. The average molecular weight is 404 g/mol. The second-order valence-electron chi connectivity index (χ2n) is 6.69. The highest BCUT2D eigenvalue weighted by Crippen LogP contribution is 2.33. The summed E-state index contributed by atoms with van der Waals surface area (Å²) >= 11 is 3.34. The van der Waals surface area contributed by atoms with E-state index in [0.29, 0.717) is 16.8 Å². The summed E-state index contributed by atoms with van der Waals surface area (Å²) in [6.45, 7) is 0. The molecule has 3 atom stereocenters. The van der Waals surface area contributed by atoms with E-state index in [4.69, 9.17) is 0 Å². The van der Waals surface area contributed by atoms with Gasteiger partial charge in [-0.2, -0.15) is 11.8 Å². The summed E-state index contributed by atoms with van der Waals surface area (Å²) in [7, 11) is 0. The Morgan fingerprint density at radius 1 is 1.26 bits per heavy atom. The molecule has 3 N–H and O–H groups in total. The minimum atomic E-state index is -0.0516. The molecule has 3 amide bonds. The van der Waals surface area contributed by atoms with Gasteiger partial charge in [0.1, 0.15) is 0 Å². The Labute approximate surface area is 165 Å². The molecule has 0 bridgehead atoms. The fourth-order valence-corrected chi connectivity index (χ4v) is 5.72. The zero-order valence-corrected chi connectivity index (χ0v) is 16.3. The normalized spacial score (nSPS) is 23.6. The number of hydrogen-bond acceptors (Lipinski definition) is 6. The minimum Gasteiger partial charge on any atom is -0.332 e. The lowest BCUT2D eigenvalue weighted by atomic mass is 10.0. The Morgan fingerprint density at radius 2 is 2.11 bits per heavy atom. The molecule has 9 heteroatoms. The maximum Gasteiger partial charge on any atom is 0.315 e. The monoisotopic (exact) mass is 403 g/mol. The summed E-state index contributed by atoms with van der Waals surface area (Å²) in [4.78, 5) is 32.0. The van der Waals surface area contributed by atoms with Crippen molar-refractivity contribution >= 4 is 40.2 Å². The number of carbonyl (C=O) groups excluding carboxylic acids is 2. The van der Waals surface area contributed by atoms with E-state index >= 15 is 0 Å². The molecule has 2 aliphatic rings. The SMILES string of the molecule is O=C(CCCCC1SCC2NC(=O)NC21)Nc1nc(-c2ccncc2)cs1. The summed E-state index contributed by atoms with van der Waals surface area (Å²) in [5.41, 5.74) is 1.83. The number of urea groups is 1. The third kappa shape index (κ3) is 4.41. The Morgan fingerprint density at radius 3 is 2.96 bits per heavy atom. The fraction of sp³-hybridized carbons (Fsp3) is 0.444. The van der Waals surface area contributed by atoms with Gasteiger partial charge >= 0.3 is 6.03 Å². The van der Waals surface area contributed by atoms with Gasteiger partial charge in [-0.25, -0.2) is 9.78 Å². The number of nitrogens with one attached hydrogen (secondary N) is 3. The number of aromatic nitrogens is 2. The van der Waals surface area contributed by atoms with Gasteiger partial charge in [-0.3, -0.25) is 9.78 Å². The maximum atomic E-state index is 12.2. The molecule has 3 unspecified atom stereocenters. The molecule has 2 fully saturated rings. The van der Waals surface area contributed by atoms with E-state index in [0.717, 1.165) is 36.3 Å². The van der Waals surface area contributed by atoms with Gasteiger partial charge in [0.05, 0.1) is 17.8 Å². The number of unbranched alkanes of at least 4 members (excludes halogenated alkanes) is 1. The second kappa shape index (κ2) is 8.26. The highest BCUT2D eigenvalue weighted by Gasteiger charge is 2.42. The van der Waals surface area contributed by atoms with Crippen molar-refractivity contribution in [2.24, 2.45) is 0 Å². The molecule has 0 aromatic carbocycles. The summed E-state index contributed by atoms with van der Waals surface area (Å²) in [6, 6.07) is 4.24. The number of pyridine rings is 1. The molecule has 0 aliphatic carbocycles.